The van der Waals surface area contributed by atoms with E-state index in [1.165, 1.54) is 0 Å². The first kappa shape index (κ1) is 5.03. The van der Waals surface area contributed by atoms with Gasteiger partial charge in [-0.2, -0.15) is 5.48 Å². The molecule has 0 bridgehead atoms. The van der Waals surface area contributed by atoms with Gasteiger partial charge in [0.05, 0.1) is 6.17 Å². The Balaban J connectivity index is 2.14. The minimum atomic E-state index is 0.375. The summed E-state index contributed by atoms with van der Waals surface area (Å²) in [6.45, 7) is 2.73. The molecule has 0 amide bonds. The molecule has 0 aromatic rings. The largest absolute Gasteiger partial charge is 0.285 e. The topological polar surface area (TPSA) is 33.3 Å². The lowest BCUT2D eigenvalue weighted by Gasteiger charge is -2.00. The lowest BCUT2D eigenvalue weighted by atomic mass is 10.4. The molecule has 1 atom stereocenters. The van der Waals surface area contributed by atoms with Crippen molar-refractivity contribution < 1.29 is 4.84 Å². The lowest BCUT2D eigenvalue weighted by molar-refractivity contribution is 0.0867. The predicted octanol–water partition coefficient (Wildman–Crippen LogP) is -0.196. The SMILES string of the molecule is CCC1NCON1. The van der Waals surface area contributed by atoms with Crippen LogP contribution in [0.4, 0.5) is 0 Å². The van der Waals surface area contributed by atoms with Gasteiger partial charge in [-0.05, 0) is 6.42 Å². The van der Waals surface area contributed by atoms with Gasteiger partial charge in [-0.3, -0.25) is 10.2 Å². The fraction of sp³-hybridized carbons (Fsp3) is 1.00. The van der Waals surface area contributed by atoms with Crippen LogP contribution in [0, 0.1) is 0 Å². The van der Waals surface area contributed by atoms with E-state index in [0.717, 1.165) is 6.42 Å². The molecule has 7 heavy (non-hydrogen) atoms. The quantitative estimate of drug-likeness (QED) is 0.481. The van der Waals surface area contributed by atoms with Gasteiger partial charge in [-0.1, -0.05) is 6.92 Å². The molecule has 0 saturated carbocycles. The molecule has 1 saturated heterocycles. The molecule has 0 aromatic heterocycles. The third-order valence-corrected chi connectivity index (χ3v) is 1.04. The number of hydrogen-bond acceptors (Lipinski definition) is 3. The van der Waals surface area contributed by atoms with E-state index < -0.39 is 0 Å². The third-order valence-electron chi connectivity index (χ3n) is 1.04. The van der Waals surface area contributed by atoms with E-state index in [0.29, 0.717) is 12.9 Å². The summed E-state index contributed by atoms with van der Waals surface area (Å²) < 4.78 is 0. The van der Waals surface area contributed by atoms with Crippen LogP contribution < -0.4 is 10.8 Å². The van der Waals surface area contributed by atoms with Crippen molar-refractivity contribution in [3.8, 4) is 0 Å². The number of nitrogens with one attached hydrogen (secondary N) is 2. The molecule has 2 N–H and O–H groups in total. The fourth-order valence-corrected chi connectivity index (χ4v) is 0.554. The maximum absolute atomic E-state index is 4.79. The minimum absolute atomic E-state index is 0.375. The number of hydroxylamine groups is 1. The van der Waals surface area contributed by atoms with E-state index in [9.17, 15) is 0 Å². The maximum atomic E-state index is 4.79. The Kier molecular flexibility index (Phi) is 1.62. The smallest absolute Gasteiger partial charge is 0.120 e. The van der Waals surface area contributed by atoms with E-state index in [4.69, 9.17) is 4.84 Å². The summed E-state index contributed by atoms with van der Waals surface area (Å²) in [6, 6.07) is 0. The molecule has 1 aliphatic heterocycles. The molecule has 3 nitrogen and oxygen atoms in total. The Morgan fingerprint density at radius 1 is 1.86 bits per heavy atom. The Morgan fingerprint density at radius 3 is 3.00 bits per heavy atom. The van der Waals surface area contributed by atoms with Crippen LogP contribution >= 0.6 is 0 Å². The third kappa shape index (κ3) is 1.12. The predicted molar refractivity (Wildman–Crippen MR) is 26.3 cm³/mol. The highest BCUT2D eigenvalue weighted by Crippen LogP contribution is 1.89. The highest BCUT2D eigenvalue weighted by molar-refractivity contribution is 4.56. The first-order valence-corrected chi connectivity index (χ1v) is 2.54. The molecule has 3 heteroatoms. The molecule has 42 valence electrons. The Morgan fingerprint density at radius 2 is 2.71 bits per heavy atom. The summed E-state index contributed by atoms with van der Waals surface area (Å²) in [5.41, 5.74) is 2.80. The summed E-state index contributed by atoms with van der Waals surface area (Å²) in [4.78, 5) is 4.79. The van der Waals surface area contributed by atoms with E-state index >= 15 is 0 Å². The average molecular weight is 102 g/mol. The van der Waals surface area contributed by atoms with E-state index in [1.807, 2.05) is 0 Å². The second kappa shape index (κ2) is 2.26. The average Bonchev–Trinajstić information content (AvgIpc) is 2.14. The molecule has 1 fully saturated rings. The van der Waals surface area contributed by atoms with Crippen molar-refractivity contribution in [3.05, 3.63) is 0 Å². The first-order chi connectivity index (χ1) is 3.43. The fourth-order valence-electron chi connectivity index (χ4n) is 0.554. The van der Waals surface area contributed by atoms with Crippen LogP contribution in [0.5, 0.6) is 0 Å². The van der Waals surface area contributed by atoms with Crippen molar-refractivity contribution in [1.82, 2.24) is 10.8 Å². The molecule has 1 aliphatic rings. The van der Waals surface area contributed by atoms with Crippen LogP contribution in [0.1, 0.15) is 13.3 Å². The summed E-state index contributed by atoms with van der Waals surface area (Å²) in [6.07, 6.45) is 1.44. The van der Waals surface area contributed by atoms with Gasteiger partial charge in [0, 0.05) is 0 Å². The summed E-state index contributed by atoms with van der Waals surface area (Å²) in [5, 5.41) is 3.07. The van der Waals surface area contributed by atoms with Gasteiger partial charge in [0.25, 0.3) is 0 Å². The molecule has 1 rings (SSSR count). The molecule has 0 aliphatic carbocycles. The van der Waals surface area contributed by atoms with Crippen LogP contribution in [0.3, 0.4) is 0 Å². The van der Waals surface area contributed by atoms with Gasteiger partial charge in [0.2, 0.25) is 0 Å². The van der Waals surface area contributed by atoms with Gasteiger partial charge in [-0.15, -0.1) is 0 Å². The van der Waals surface area contributed by atoms with Crippen LogP contribution in [0.15, 0.2) is 0 Å². The highest BCUT2D eigenvalue weighted by atomic mass is 16.7. The first-order valence-electron chi connectivity index (χ1n) is 2.54. The second-order valence-corrected chi connectivity index (χ2v) is 1.57. The number of rotatable bonds is 1. The number of hydrogen-bond donors (Lipinski definition) is 2. The lowest BCUT2D eigenvalue weighted by Crippen LogP contribution is -2.29. The van der Waals surface area contributed by atoms with Gasteiger partial charge in [0.1, 0.15) is 6.73 Å². The van der Waals surface area contributed by atoms with Gasteiger partial charge < -0.3 is 0 Å². The van der Waals surface area contributed by atoms with Gasteiger partial charge in [0.15, 0.2) is 0 Å². The van der Waals surface area contributed by atoms with Gasteiger partial charge >= 0.3 is 0 Å². The van der Waals surface area contributed by atoms with Crippen molar-refractivity contribution in [2.24, 2.45) is 0 Å². The molecule has 0 spiro atoms. The van der Waals surface area contributed by atoms with Crippen LogP contribution in [-0.4, -0.2) is 12.9 Å². The highest BCUT2D eigenvalue weighted by Gasteiger charge is 2.08. The normalized spacial score (nSPS) is 31.3. The standard InChI is InChI=1S/C4H10N2O/c1-2-4-5-3-7-6-4/h4-6H,2-3H2,1H3. The van der Waals surface area contributed by atoms with Crippen molar-refractivity contribution >= 4 is 0 Å². The van der Waals surface area contributed by atoms with Gasteiger partial charge in [-0.25, -0.2) is 0 Å². The summed E-state index contributed by atoms with van der Waals surface area (Å²) in [5.74, 6) is 0. The Hall–Kier alpha value is -0.120. The van der Waals surface area contributed by atoms with E-state index in [2.05, 4.69) is 17.7 Å². The van der Waals surface area contributed by atoms with E-state index in [-0.39, 0.29) is 0 Å². The zero-order chi connectivity index (χ0) is 5.11. The van der Waals surface area contributed by atoms with Crippen LogP contribution in [0.2, 0.25) is 0 Å². The molecular weight excluding hydrogens is 92.1 g/mol. The molecule has 0 radical (unpaired) electrons. The van der Waals surface area contributed by atoms with Crippen LogP contribution in [-0.2, 0) is 4.84 Å². The summed E-state index contributed by atoms with van der Waals surface area (Å²) in [7, 11) is 0. The van der Waals surface area contributed by atoms with Crippen molar-refractivity contribution in [3.63, 3.8) is 0 Å². The zero-order valence-corrected chi connectivity index (χ0v) is 4.40. The zero-order valence-electron chi connectivity index (χ0n) is 4.40. The minimum Gasteiger partial charge on any atom is -0.285 e. The van der Waals surface area contributed by atoms with Crippen molar-refractivity contribution in [1.29, 1.82) is 0 Å². The molecule has 0 aromatic carbocycles. The van der Waals surface area contributed by atoms with Crippen molar-refractivity contribution in [2.45, 2.75) is 19.5 Å². The van der Waals surface area contributed by atoms with Crippen LogP contribution in [0.25, 0.3) is 0 Å². The Labute approximate surface area is 43.0 Å². The monoisotopic (exact) mass is 102 g/mol. The van der Waals surface area contributed by atoms with Crippen molar-refractivity contribution in [2.75, 3.05) is 6.73 Å². The Bertz CT molecular complexity index is 51.7. The molecule has 1 unspecified atom stereocenters. The second-order valence-electron chi connectivity index (χ2n) is 1.57. The molecular formula is C4H10N2O. The summed E-state index contributed by atoms with van der Waals surface area (Å²) >= 11 is 0. The van der Waals surface area contributed by atoms with E-state index in [1.54, 1.807) is 0 Å². The molecule has 1 heterocycles. The maximum Gasteiger partial charge on any atom is 0.120 e.